The van der Waals surface area contributed by atoms with Gasteiger partial charge in [0, 0.05) is 40.6 Å². The zero-order valence-electron chi connectivity index (χ0n) is 17.5. The van der Waals surface area contributed by atoms with Gasteiger partial charge in [-0.2, -0.15) is 0 Å². The number of nitrogens with zero attached hydrogens (tertiary/aromatic N) is 4. The Morgan fingerprint density at radius 2 is 1.70 bits per heavy atom. The van der Waals surface area contributed by atoms with Crippen molar-refractivity contribution in [3.63, 3.8) is 0 Å². The fourth-order valence-corrected chi connectivity index (χ4v) is 4.55. The molecular weight excluding hydrogens is 435 g/mol. The van der Waals surface area contributed by atoms with Crippen LogP contribution < -0.4 is 4.90 Å². The van der Waals surface area contributed by atoms with E-state index in [1.165, 1.54) is 17.7 Å². The van der Waals surface area contributed by atoms with Crippen LogP contribution in [0, 0.1) is 5.82 Å². The maximum absolute atomic E-state index is 13.5. The number of pyridine rings is 1. The fraction of sp³-hybridized carbons (Fsp3) is 0.0741. The molecule has 0 unspecified atom stereocenters. The number of halogens is 2. The van der Waals surface area contributed by atoms with Crippen molar-refractivity contribution in [1.82, 2.24) is 15.0 Å². The molecule has 6 heteroatoms. The minimum absolute atomic E-state index is 0.253. The predicted molar refractivity (Wildman–Crippen MR) is 130 cm³/mol. The Morgan fingerprint density at radius 3 is 2.52 bits per heavy atom. The fourth-order valence-electron chi connectivity index (χ4n) is 4.35. The molecule has 160 valence electrons. The average Bonchev–Trinajstić information content (AvgIpc) is 3.27. The van der Waals surface area contributed by atoms with Crippen molar-refractivity contribution in [2.75, 3.05) is 11.4 Å². The zero-order chi connectivity index (χ0) is 22.4. The van der Waals surface area contributed by atoms with Crippen LogP contribution in [0.1, 0.15) is 5.56 Å². The van der Waals surface area contributed by atoms with E-state index in [0.717, 1.165) is 57.1 Å². The molecule has 0 amide bonds. The van der Waals surface area contributed by atoms with Crippen molar-refractivity contribution in [3.8, 4) is 22.5 Å². The van der Waals surface area contributed by atoms with E-state index >= 15 is 0 Å². The number of fused-ring (bicyclic) bond motifs is 2. The topological polar surface area (TPSA) is 41.9 Å². The lowest BCUT2D eigenvalue weighted by Crippen LogP contribution is -2.16. The predicted octanol–water partition coefficient (Wildman–Crippen LogP) is 6.85. The van der Waals surface area contributed by atoms with E-state index in [1.807, 2.05) is 42.5 Å². The van der Waals surface area contributed by atoms with Gasteiger partial charge in [-0.15, -0.1) is 0 Å². The third-order valence-corrected chi connectivity index (χ3v) is 6.20. The highest BCUT2D eigenvalue weighted by Gasteiger charge is 2.24. The van der Waals surface area contributed by atoms with Gasteiger partial charge >= 0.3 is 0 Å². The number of rotatable bonds is 3. The second-order valence-electron chi connectivity index (χ2n) is 8.03. The Balaban J connectivity index is 1.57. The minimum atomic E-state index is -0.253. The first-order chi connectivity index (χ1) is 16.2. The van der Waals surface area contributed by atoms with Crippen LogP contribution >= 0.6 is 11.6 Å². The van der Waals surface area contributed by atoms with Crippen molar-refractivity contribution in [2.24, 2.45) is 0 Å². The van der Waals surface area contributed by atoms with Gasteiger partial charge in [0.25, 0.3) is 0 Å². The summed E-state index contributed by atoms with van der Waals surface area (Å²) in [5.74, 6) is 1.21. The first kappa shape index (κ1) is 19.8. The van der Waals surface area contributed by atoms with Crippen LogP contribution in [0.5, 0.6) is 0 Å². The molecule has 0 saturated heterocycles. The molecule has 3 heterocycles. The van der Waals surface area contributed by atoms with E-state index in [1.54, 1.807) is 24.5 Å². The lowest BCUT2D eigenvalue weighted by atomic mass is 10.0. The maximum Gasteiger partial charge on any atom is 0.163 e. The molecule has 0 atom stereocenters. The zero-order valence-corrected chi connectivity index (χ0v) is 18.3. The molecule has 0 bridgehead atoms. The van der Waals surface area contributed by atoms with Crippen molar-refractivity contribution < 1.29 is 4.39 Å². The summed E-state index contributed by atoms with van der Waals surface area (Å²) in [6, 6.07) is 22.4. The lowest BCUT2D eigenvalue weighted by molar-refractivity contribution is 0.628. The van der Waals surface area contributed by atoms with Crippen molar-refractivity contribution in [1.29, 1.82) is 0 Å². The highest BCUT2D eigenvalue weighted by Crippen LogP contribution is 2.39. The molecule has 4 nitrogen and oxygen atoms in total. The normalized spacial score (nSPS) is 12.8. The number of anilines is 2. The van der Waals surface area contributed by atoms with Gasteiger partial charge in [-0.25, -0.2) is 14.4 Å². The summed E-state index contributed by atoms with van der Waals surface area (Å²) in [5.41, 5.74) is 5.92. The van der Waals surface area contributed by atoms with Gasteiger partial charge in [0.2, 0.25) is 0 Å². The Hall–Kier alpha value is -3.83. The van der Waals surface area contributed by atoms with Crippen LogP contribution in [0.3, 0.4) is 0 Å². The summed E-state index contributed by atoms with van der Waals surface area (Å²) in [7, 11) is 0. The smallest absolute Gasteiger partial charge is 0.163 e. The molecule has 1 aliphatic rings. The molecule has 33 heavy (non-hydrogen) atoms. The van der Waals surface area contributed by atoms with Crippen molar-refractivity contribution >= 4 is 34.0 Å². The number of aromatic nitrogens is 3. The Labute approximate surface area is 195 Å². The summed E-state index contributed by atoms with van der Waals surface area (Å²) in [6.07, 6.45) is 4.40. The largest absolute Gasteiger partial charge is 0.325 e. The second-order valence-corrected chi connectivity index (χ2v) is 8.46. The first-order valence-electron chi connectivity index (χ1n) is 10.7. The number of benzene rings is 3. The van der Waals surface area contributed by atoms with E-state index < -0.39 is 0 Å². The Bertz CT molecular complexity index is 1490. The average molecular weight is 453 g/mol. The lowest BCUT2D eigenvalue weighted by Gasteiger charge is -2.21. The standard InChI is InChI=1S/C27H18ClFN4/c28-21-6-10-25-19(14-21)11-13-33(25)27-23-15-18(17-3-7-22(29)8-4-17)5-9-24(23)31-26(32-27)20-2-1-12-30-16-20/h1-10,12,14-16H,11,13H2. The van der Waals surface area contributed by atoms with E-state index in [4.69, 9.17) is 21.6 Å². The summed E-state index contributed by atoms with van der Waals surface area (Å²) in [6.45, 7) is 0.801. The van der Waals surface area contributed by atoms with E-state index in [-0.39, 0.29) is 5.82 Å². The molecule has 6 rings (SSSR count). The van der Waals surface area contributed by atoms with Gasteiger partial charge < -0.3 is 4.90 Å². The highest BCUT2D eigenvalue weighted by atomic mass is 35.5. The molecule has 0 aliphatic carbocycles. The maximum atomic E-state index is 13.5. The molecule has 0 saturated carbocycles. The van der Waals surface area contributed by atoms with Gasteiger partial charge in [0.05, 0.1) is 5.52 Å². The van der Waals surface area contributed by atoms with Crippen molar-refractivity contribution in [2.45, 2.75) is 6.42 Å². The molecule has 3 aromatic carbocycles. The summed E-state index contributed by atoms with van der Waals surface area (Å²) in [5, 5.41) is 1.67. The highest BCUT2D eigenvalue weighted by molar-refractivity contribution is 6.30. The third kappa shape index (κ3) is 3.60. The summed E-state index contributed by atoms with van der Waals surface area (Å²) >= 11 is 6.24. The quantitative estimate of drug-likeness (QED) is 0.300. The molecule has 1 aliphatic heterocycles. The summed E-state index contributed by atoms with van der Waals surface area (Å²) < 4.78 is 13.5. The number of hydrogen-bond donors (Lipinski definition) is 0. The molecule has 0 spiro atoms. The molecule has 5 aromatic rings. The molecule has 0 fully saturated rings. The van der Waals surface area contributed by atoms with E-state index in [0.29, 0.717) is 5.82 Å². The Kier molecular flexibility index (Phi) is 4.77. The van der Waals surface area contributed by atoms with Gasteiger partial charge in [-0.05, 0) is 77.7 Å². The Morgan fingerprint density at radius 1 is 0.848 bits per heavy atom. The monoisotopic (exact) mass is 452 g/mol. The van der Waals surface area contributed by atoms with E-state index in [2.05, 4.69) is 16.0 Å². The third-order valence-electron chi connectivity index (χ3n) is 5.97. The van der Waals surface area contributed by atoms with Gasteiger partial charge in [-0.1, -0.05) is 29.8 Å². The van der Waals surface area contributed by atoms with Crippen LogP contribution in [0.25, 0.3) is 33.4 Å². The van der Waals surface area contributed by atoms with Gasteiger partial charge in [0.15, 0.2) is 5.82 Å². The van der Waals surface area contributed by atoms with Gasteiger partial charge in [0.1, 0.15) is 11.6 Å². The van der Waals surface area contributed by atoms with Gasteiger partial charge in [-0.3, -0.25) is 4.98 Å². The van der Waals surface area contributed by atoms with Crippen molar-refractivity contribution in [3.05, 3.63) is 102 Å². The SMILES string of the molecule is Fc1ccc(-c2ccc3nc(-c4cccnc4)nc(N4CCc5cc(Cl)ccc54)c3c2)cc1. The van der Waals surface area contributed by atoms with Crippen LogP contribution in [0.15, 0.2) is 85.2 Å². The molecular formula is C27H18ClFN4. The number of hydrogen-bond acceptors (Lipinski definition) is 4. The summed E-state index contributed by atoms with van der Waals surface area (Å²) in [4.78, 5) is 16.3. The van der Waals surface area contributed by atoms with E-state index in [9.17, 15) is 4.39 Å². The van der Waals surface area contributed by atoms with Crippen LogP contribution in [-0.4, -0.2) is 21.5 Å². The second kappa shape index (κ2) is 7.94. The van der Waals surface area contributed by atoms with Crippen LogP contribution in [0.2, 0.25) is 5.02 Å². The molecule has 2 aromatic heterocycles. The molecule has 0 radical (unpaired) electrons. The molecule has 0 N–H and O–H groups in total. The minimum Gasteiger partial charge on any atom is -0.325 e. The first-order valence-corrected chi connectivity index (χ1v) is 11.1. The van der Waals surface area contributed by atoms with Crippen LogP contribution in [-0.2, 0) is 6.42 Å². The van der Waals surface area contributed by atoms with Crippen LogP contribution in [0.4, 0.5) is 15.9 Å².